The van der Waals surface area contributed by atoms with Crippen LogP contribution in [0, 0.1) is 11.5 Å². The number of allylic oxidation sites excluding steroid dienone is 16. The average Bonchev–Trinajstić information content (AvgIpc) is 2.46. The van der Waals surface area contributed by atoms with Crippen LogP contribution < -0.4 is 0 Å². The second-order valence-corrected chi connectivity index (χ2v) is 4.23. The Hall–Kier alpha value is -2.08. The fraction of sp³-hybridized carbons (Fsp3) is 0.0588. The molecule has 0 amide bonds. The van der Waals surface area contributed by atoms with E-state index in [1.807, 2.05) is 18.2 Å². The summed E-state index contributed by atoms with van der Waals surface area (Å²) in [5, 5.41) is 0. The fourth-order valence-corrected chi connectivity index (χ4v) is 2.36. The second kappa shape index (κ2) is 4.06. The third-order valence-electron chi connectivity index (χ3n) is 3.24. The maximum Gasteiger partial charge on any atom is 0.0574 e. The first-order valence-electron chi connectivity index (χ1n) is 5.82. The molecule has 1 radical (unpaired) electrons. The van der Waals surface area contributed by atoms with Crippen molar-refractivity contribution in [3.8, 4) is 0 Å². The van der Waals surface area contributed by atoms with E-state index in [4.69, 9.17) is 0 Å². The second-order valence-electron chi connectivity index (χ2n) is 4.23. The minimum Gasteiger partial charge on any atom is -0.0658 e. The minimum atomic E-state index is -0.136. The summed E-state index contributed by atoms with van der Waals surface area (Å²) >= 11 is 0. The summed E-state index contributed by atoms with van der Waals surface area (Å²) in [4.78, 5) is 0. The van der Waals surface area contributed by atoms with Gasteiger partial charge in [0.05, 0.1) is 5.41 Å². The van der Waals surface area contributed by atoms with Gasteiger partial charge < -0.3 is 0 Å². The van der Waals surface area contributed by atoms with E-state index < -0.39 is 0 Å². The van der Waals surface area contributed by atoms with E-state index in [2.05, 4.69) is 66.8 Å². The highest BCUT2D eigenvalue weighted by atomic mass is 14.3. The van der Waals surface area contributed by atoms with Crippen molar-refractivity contribution < 1.29 is 0 Å². The van der Waals surface area contributed by atoms with Crippen LogP contribution in [0.25, 0.3) is 0 Å². The van der Waals surface area contributed by atoms with E-state index in [9.17, 15) is 0 Å². The molecule has 17 heavy (non-hydrogen) atoms. The van der Waals surface area contributed by atoms with Crippen molar-refractivity contribution in [2.24, 2.45) is 5.41 Å². The van der Waals surface area contributed by atoms with Crippen LogP contribution in [0.5, 0.6) is 0 Å². The summed E-state index contributed by atoms with van der Waals surface area (Å²) in [5.74, 6) is 0. The Labute approximate surface area is 102 Å². The van der Waals surface area contributed by atoms with Gasteiger partial charge in [-0.2, -0.15) is 0 Å². The van der Waals surface area contributed by atoms with Crippen LogP contribution in [0.1, 0.15) is 0 Å². The maximum absolute atomic E-state index is 3.37. The van der Waals surface area contributed by atoms with Gasteiger partial charge in [-0.15, -0.1) is 0 Å². The van der Waals surface area contributed by atoms with Gasteiger partial charge in [-0.3, -0.25) is 0 Å². The fourth-order valence-electron chi connectivity index (χ4n) is 2.36. The van der Waals surface area contributed by atoms with Crippen molar-refractivity contribution in [2.75, 3.05) is 0 Å². The molecule has 81 valence electrons. The monoisotopic (exact) mass is 217 g/mol. The summed E-state index contributed by atoms with van der Waals surface area (Å²) in [7, 11) is 0. The normalized spacial score (nSPS) is 38.6. The highest BCUT2D eigenvalue weighted by molar-refractivity contribution is 5.57. The quantitative estimate of drug-likeness (QED) is 0.575. The van der Waals surface area contributed by atoms with Crippen LogP contribution >= 0.6 is 0 Å². The average molecular weight is 217 g/mol. The van der Waals surface area contributed by atoms with Gasteiger partial charge in [0, 0.05) is 0 Å². The standard InChI is InChI=1S/C17H13/c1-2-4-10-16-12-6-8-14-17(16)13-7-5-11-15(17)9-3-1/h1-9,11-14H/b3-1+,4-2-,15-9+,16-10?. The molecule has 0 aliphatic heterocycles. The molecule has 1 spiro atoms. The molecule has 0 aromatic heterocycles. The van der Waals surface area contributed by atoms with Crippen LogP contribution in [0.15, 0.2) is 90.1 Å². The molecule has 0 saturated heterocycles. The van der Waals surface area contributed by atoms with Crippen molar-refractivity contribution >= 4 is 0 Å². The Bertz CT molecular complexity index is 503. The first-order chi connectivity index (χ1) is 8.42. The van der Waals surface area contributed by atoms with Crippen molar-refractivity contribution in [3.05, 3.63) is 96.2 Å². The van der Waals surface area contributed by atoms with Gasteiger partial charge in [-0.1, -0.05) is 79.0 Å². The Balaban J connectivity index is 2.25. The first kappa shape index (κ1) is 10.1. The summed E-state index contributed by atoms with van der Waals surface area (Å²) in [5.41, 5.74) is 2.33. The minimum absolute atomic E-state index is 0.136. The Kier molecular flexibility index (Phi) is 2.41. The lowest BCUT2D eigenvalue weighted by molar-refractivity contribution is 0.724. The van der Waals surface area contributed by atoms with E-state index >= 15 is 0 Å². The molecule has 3 aliphatic carbocycles. The summed E-state index contributed by atoms with van der Waals surface area (Å²) in [6.07, 6.45) is 30.8. The molecular weight excluding hydrogens is 204 g/mol. The molecule has 1 unspecified atom stereocenters. The molecule has 0 bridgehead atoms. The summed E-state index contributed by atoms with van der Waals surface area (Å²) < 4.78 is 0. The molecule has 0 heteroatoms. The lowest BCUT2D eigenvalue weighted by Crippen LogP contribution is -2.22. The Morgan fingerprint density at radius 2 is 1.59 bits per heavy atom. The zero-order valence-corrected chi connectivity index (χ0v) is 9.51. The molecule has 1 atom stereocenters. The highest BCUT2D eigenvalue weighted by Gasteiger charge is 2.32. The number of hydrogen-bond acceptors (Lipinski definition) is 0. The summed E-state index contributed by atoms with van der Waals surface area (Å²) in [6.45, 7) is 0. The van der Waals surface area contributed by atoms with E-state index in [1.54, 1.807) is 0 Å². The van der Waals surface area contributed by atoms with E-state index in [-0.39, 0.29) is 5.41 Å². The molecule has 3 rings (SSSR count). The van der Waals surface area contributed by atoms with Crippen molar-refractivity contribution in [3.63, 3.8) is 0 Å². The van der Waals surface area contributed by atoms with Crippen LogP contribution in [-0.2, 0) is 0 Å². The smallest absolute Gasteiger partial charge is 0.0574 e. The van der Waals surface area contributed by atoms with Crippen LogP contribution in [0.3, 0.4) is 0 Å². The van der Waals surface area contributed by atoms with Gasteiger partial charge in [-0.05, 0) is 17.2 Å². The Morgan fingerprint density at radius 3 is 2.47 bits per heavy atom. The lowest BCUT2D eigenvalue weighted by Gasteiger charge is -2.33. The molecule has 0 aromatic carbocycles. The van der Waals surface area contributed by atoms with Crippen molar-refractivity contribution in [1.82, 2.24) is 0 Å². The third-order valence-corrected chi connectivity index (χ3v) is 3.24. The maximum atomic E-state index is 3.37. The SMILES string of the molecule is [C]1=C2/C=CC=CC23C=CC=C\C3=C/C=C/C=C\1. The van der Waals surface area contributed by atoms with Gasteiger partial charge in [0.1, 0.15) is 0 Å². The topological polar surface area (TPSA) is 0 Å². The highest BCUT2D eigenvalue weighted by Crippen LogP contribution is 2.44. The van der Waals surface area contributed by atoms with Gasteiger partial charge in [0.25, 0.3) is 0 Å². The van der Waals surface area contributed by atoms with E-state index in [0.717, 1.165) is 0 Å². The summed E-state index contributed by atoms with van der Waals surface area (Å²) in [6, 6.07) is 0. The van der Waals surface area contributed by atoms with E-state index in [0.29, 0.717) is 0 Å². The largest absolute Gasteiger partial charge is 0.0658 e. The van der Waals surface area contributed by atoms with Gasteiger partial charge in [0.15, 0.2) is 0 Å². The molecular formula is C17H13. The van der Waals surface area contributed by atoms with Crippen molar-refractivity contribution in [1.29, 1.82) is 0 Å². The molecule has 0 nitrogen and oxygen atoms in total. The molecule has 0 heterocycles. The van der Waals surface area contributed by atoms with Crippen LogP contribution in [0.4, 0.5) is 0 Å². The number of hydrogen-bond donors (Lipinski definition) is 0. The van der Waals surface area contributed by atoms with Crippen LogP contribution in [0.2, 0.25) is 0 Å². The first-order valence-corrected chi connectivity index (χ1v) is 5.82. The molecule has 0 N–H and O–H groups in total. The zero-order chi connectivity index (χ0) is 11.6. The van der Waals surface area contributed by atoms with Gasteiger partial charge in [0.2, 0.25) is 0 Å². The zero-order valence-electron chi connectivity index (χ0n) is 9.51. The third kappa shape index (κ3) is 1.62. The van der Waals surface area contributed by atoms with Crippen molar-refractivity contribution in [2.45, 2.75) is 0 Å². The van der Waals surface area contributed by atoms with E-state index in [1.165, 1.54) is 11.1 Å². The Morgan fingerprint density at radius 1 is 0.765 bits per heavy atom. The molecule has 3 aliphatic rings. The van der Waals surface area contributed by atoms with Gasteiger partial charge >= 0.3 is 0 Å². The van der Waals surface area contributed by atoms with Gasteiger partial charge in [-0.25, -0.2) is 0 Å². The number of rotatable bonds is 0. The van der Waals surface area contributed by atoms with Crippen LogP contribution in [-0.4, -0.2) is 0 Å². The molecule has 0 aromatic rings. The molecule has 0 saturated carbocycles. The predicted octanol–water partition coefficient (Wildman–Crippen LogP) is 4.01. The lowest BCUT2D eigenvalue weighted by atomic mass is 9.69. The predicted molar refractivity (Wildman–Crippen MR) is 72.1 cm³/mol. The molecule has 0 fully saturated rings.